The standard InChI is InChI=1S/C9H7Cl2F3N4O3S/c10-6-1-4(21-22(19,20)9(12,13)14)2-7(11)5(6)3-17-18-8(15)16/h1-3H,(H4,15,16,18). The van der Waals surface area contributed by atoms with Gasteiger partial charge in [0.2, 0.25) is 5.96 Å². The molecule has 0 saturated heterocycles. The first-order valence-corrected chi connectivity index (χ1v) is 7.22. The number of guanidine groups is 1. The van der Waals surface area contributed by atoms with Crippen molar-refractivity contribution >= 4 is 45.5 Å². The summed E-state index contributed by atoms with van der Waals surface area (Å²) in [7, 11) is -5.83. The summed E-state index contributed by atoms with van der Waals surface area (Å²) in [5.74, 6) is -1.06. The van der Waals surface area contributed by atoms with Gasteiger partial charge in [-0.05, 0) is 0 Å². The predicted octanol–water partition coefficient (Wildman–Crippen LogP) is 1.83. The van der Waals surface area contributed by atoms with E-state index in [9.17, 15) is 21.6 Å². The topological polar surface area (TPSA) is 120 Å². The lowest BCUT2D eigenvalue weighted by Gasteiger charge is -2.11. The Morgan fingerprint density at radius 2 is 1.73 bits per heavy atom. The molecule has 0 fully saturated rings. The fraction of sp³-hybridized carbons (Fsp3) is 0.111. The summed E-state index contributed by atoms with van der Waals surface area (Å²) in [5, 5.41) is 6.22. The summed E-state index contributed by atoms with van der Waals surface area (Å²) < 4.78 is 62.2. The maximum absolute atomic E-state index is 12.2. The van der Waals surface area contributed by atoms with Crippen molar-refractivity contribution in [3.8, 4) is 5.75 Å². The predicted molar refractivity (Wildman–Crippen MR) is 75.5 cm³/mol. The Labute approximate surface area is 132 Å². The minimum absolute atomic E-state index is 0.0464. The average Bonchev–Trinajstić information content (AvgIpc) is 2.30. The van der Waals surface area contributed by atoms with E-state index in [1.165, 1.54) is 0 Å². The highest BCUT2D eigenvalue weighted by Crippen LogP contribution is 2.32. The summed E-state index contributed by atoms with van der Waals surface area (Å²) in [4.78, 5) is 0. The molecular formula is C9H7Cl2F3N4O3S. The Balaban J connectivity index is 3.15. The molecule has 0 unspecified atom stereocenters. The van der Waals surface area contributed by atoms with Crippen molar-refractivity contribution in [3.05, 3.63) is 27.7 Å². The van der Waals surface area contributed by atoms with Gasteiger partial charge in [0.15, 0.2) is 0 Å². The van der Waals surface area contributed by atoms with E-state index in [1.807, 2.05) is 0 Å². The highest BCUT2D eigenvalue weighted by Gasteiger charge is 2.48. The summed E-state index contributed by atoms with van der Waals surface area (Å²) in [5.41, 5.74) is 4.51. The molecule has 4 N–H and O–H groups in total. The number of nitrogens with zero attached hydrogens (tertiary/aromatic N) is 2. The highest BCUT2D eigenvalue weighted by molar-refractivity contribution is 7.88. The van der Waals surface area contributed by atoms with Crippen LogP contribution in [0.4, 0.5) is 13.2 Å². The zero-order chi connectivity index (χ0) is 17.1. The molecule has 122 valence electrons. The van der Waals surface area contributed by atoms with Gasteiger partial charge in [0.25, 0.3) is 0 Å². The lowest BCUT2D eigenvalue weighted by Crippen LogP contribution is -2.28. The van der Waals surface area contributed by atoms with Crippen LogP contribution in [0.15, 0.2) is 22.3 Å². The van der Waals surface area contributed by atoms with E-state index in [4.69, 9.17) is 34.7 Å². The zero-order valence-electron chi connectivity index (χ0n) is 10.3. The fourth-order valence-corrected chi connectivity index (χ4v) is 2.07. The number of nitrogens with two attached hydrogens (primary N) is 2. The molecule has 0 aliphatic heterocycles. The van der Waals surface area contributed by atoms with Crippen molar-refractivity contribution in [2.75, 3.05) is 0 Å². The molecular weight excluding hydrogens is 372 g/mol. The van der Waals surface area contributed by atoms with Crippen molar-refractivity contribution in [1.29, 1.82) is 0 Å². The molecule has 1 rings (SSSR count). The second-order valence-electron chi connectivity index (χ2n) is 3.55. The van der Waals surface area contributed by atoms with E-state index in [0.717, 1.165) is 18.3 Å². The fourth-order valence-electron chi connectivity index (χ4n) is 1.06. The molecule has 7 nitrogen and oxygen atoms in total. The summed E-state index contributed by atoms with van der Waals surface area (Å²) in [6, 6.07) is 1.63. The number of hydrogen-bond acceptors (Lipinski definition) is 5. The van der Waals surface area contributed by atoms with Crippen molar-refractivity contribution in [2.45, 2.75) is 5.51 Å². The van der Waals surface area contributed by atoms with Crippen LogP contribution in [0.25, 0.3) is 0 Å². The quantitative estimate of drug-likeness (QED) is 0.272. The number of rotatable bonds is 4. The molecule has 0 aliphatic carbocycles. The van der Waals surface area contributed by atoms with Crippen LogP contribution in [0.1, 0.15) is 5.56 Å². The minimum Gasteiger partial charge on any atom is -0.376 e. The van der Waals surface area contributed by atoms with Gasteiger partial charge in [0.05, 0.1) is 16.3 Å². The van der Waals surface area contributed by atoms with Crippen LogP contribution in [-0.4, -0.2) is 26.1 Å². The maximum atomic E-state index is 12.2. The van der Waals surface area contributed by atoms with Crippen LogP contribution in [0.3, 0.4) is 0 Å². The Kier molecular flexibility index (Phi) is 5.49. The van der Waals surface area contributed by atoms with Gasteiger partial charge in [-0.2, -0.15) is 26.7 Å². The van der Waals surface area contributed by atoms with Gasteiger partial charge in [0, 0.05) is 17.7 Å². The second-order valence-corrected chi connectivity index (χ2v) is 5.91. The summed E-state index contributed by atoms with van der Waals surface area (Å²) in [6.45, 7) is 0. The van der Waals surface area contributed by atoms with Crippen LogP contribution >= 0.6 is 23.2 Å². The monoisotopic (exact) mass is 378 g/mol. The first-order chi connectivity index (χ1) is 9.94. The van der Waals surface area contributed by atoms with Gasteiger partial charge in [0.1, 0.15) is 5.75 Å². The van der Waals surface area contributed by atoms with E-state index < -0.39 is 21.4 Å². The number of halogens is 5. The zero-order valence-corrected chi connectivity index (χ0v) is 12.6. The number of alkyl halides is 3. The van der Waals surface area contributed by atoms with Crippen molar-refractivity contribution in [1.82, 2.24) is 0 Å². The molecule has 0 amide bonds. The van der Waals surface area contributed by atoms with Crippen LogP contribution in [0, 0.1) is 0 Å². The molecule has 0 radical (unpaired) electrons. The van der Waals surface area contributed by atoms with Gasteiger partial charge >= 0.3 is 15.6 Å². The molecule has 0 bridgehead atoms. The average molecular weight is 379 g/mol. The first kappa shape index (κ1) is 18.3. The normalized spacial score (nSPS) is 12.4. The third-order valence-corrected chi connectivity index (χ3v) is 3.51. The third kappa shape index (κ3) is 4.64. The Morgan fingerprint density at radius 1 is 1.23 bits per heavy atom. The number of benzene rings is 1. The molecule has 1 aromatic carbocycles. The van der Waals surface area contributed by atoms with E-state index in [1.54, 1.807) is 0 Å². The molecule has 13 heteroatoms. The third-order valence-electron chi connectivity index (χ3n) is 1.90. The lowest BCUT2D eigenvalue weighted by molar-refractivity contribution is -0.0500. The molecule has 1 aromatic rings. The first-order valence-electron chi connectivity index (χ1n) is 5.06. The van der Waals surface area contributed by atoms with Crippen molar-refractivity contribution < 1.29 is 25.8 Å². The van der Waals surface area contributed by atoms with E-state index in [0.29, 0.717) is 0 Å². The second kappa shape index (κ2) is 6.58. The maximum Gasteiger partial charge on any atom is 0.534 e. The summed E-state index contributed by atoms with van der Waals surface area (Å²) >= 11 is 11.5. The van der Waals surface area contributed by atoms with Gasteiger partial charge in [-0.15, -0.1) is 5.10 Å². The number of hydrogen-bond donors (Lipinski definition) is 2. The van der Waals surface area contributed by atoms with E-state index >= 15 is 0 Å². The van der Waals surface area contributed by atoms with Crippen LogP contribution in [0.2, 0.25) is 10.0 Å². The molecule has 0 spiro atoms. The van der Waals surface area contributed by atoms with E-state index in [2.05, 4.69) is 14.4 Å². The smallest absolute Gasteiger partial charge is 0.376 e. The van der Waals surface area contributed by atoms with Gasteiger partial charge < -0.3 is 15.7 Å². The molecule has 0 saturated carbocycles. The Morgan fingerprint density at radius 3 is 2.14 bits per heavy atom. The SMILES string of the molecule is NC(N)=NN=Cc1c(Cl)cc(OS(=O)(=O)C(F)(F)F)cc1Cl. The molecule has 0 atom stereocenters. The van der Waals surface area contributed by atoms with E-state index in [-0.39, 0.29) is 21.6 Å². The minimum atomic E-state index is -5.83. The van der Waals surface area contributed by atoms with Crippen LogP contribution < -0.4 is 15.7 Å². The van der Waals surface area contributed by atoms with Gasteiger partial charge in [-0.25, -0.2) is 0 Å². The summed E-state index contributed by atoms with van der Waals surface area (Å²) in [6.07, 6.45) is 1.02. The van der Waals surface area contributed by atoms with Crippen molar-refractivity contribution in [2.24, 2.45) is 21.7 Å². The lowest BCUT2D eigenvalue weighted by atomic mass is 10.2. The van der Waals surface area contributed by atoms with Gasteiger partial charge in [-0.3, -0.25) is 0 Å². The molecule has 22 heavy (non-hydrogen) atoms. The van der Waals surface area contributed by atoms with Gasteiger partial charge in [-0.1, -0.05) is 23.2 Å². The highest BCUT2D eigenvalue weighted by atomic mass is 35.5. The Bertz CT molecular complexity index is 707. The molecule has 0 aliphatic rings. The molecule has 0 aromatic heterocycles. The van der Waals surface area contributed by atoms with Crippen LogP contribution in [-0.2, 0) is 10.1 Å². The van der Waals surface area contributed by atoms with Crippen molar-refractivity contribution in [3.63, 3.8) is 0 Å². The largest absolute Gasteiger partial charge is 0.534 e. The molecule has 0 heterocycles. The van der Waals surface area contributed by atoms with Crippen LogP contribution in [0.5, 0.6) is 5.75 Å². The Hall–Kier alpha value is -1.72.